The minimum absolute atomic E-state index is 0.138. The fourth-order valence-corrected chi connectivity index (χ4v) is 2.65. The van der Waals surface area contributed by atoms with Crippen LogP contribution in [-0.4, -0.2) is 28.8 Å². The molecule has 0 saturated heterocycles. The van der Waals surface area contributed by atoms with Gasteiger partial charge in [-0.25, -0.2) is 0 Å². The molecule has 5 nitrogen and oxygen atoms in total. The maximum atomic E-state index is 12.2. The second kappa shape index (κ2) is 8.61. The third-order valence-electron chi connectivity index (χ3n) is 4.36. The lowest BCUT2D eigenvalue weighted by atomic mass is 10.0. The zero-order valence-electron chi connectivity index (χ0n) is 15.7. The number of nitrogens with one attached hydrogen (secondary N) is 1. The maximum absolute atomic E-state index is 12.2. The monoisotopic (exact) mass is 357 g/mol. The Labute approximate surface area is 154 Å². The van der Waals surface area contributed by atoms with E-state index in [4.69, 9.17) is 4.74 Å². The van der Waals surface area contributed by atoms with Gasteiger partial charge < -0.3 is 20.3 Å². The Hall–Kier alpha value is -2.69. The highest BCUT2D eigenvalue weighted by atomic mass is 16.5. The smallest absolute Gasteiger partial charge is 0.260 e. The van der Waals surface area contributed by atoms with E-state index < -0.39 is 6.10 Å². The lowest BCUT2D eigenvalue weighted by Gasteiger charge is -2.16. The van der Waals surface area contributed by atoms with Crippen molar-refractivity contribution in [2.75, 3.05) is 6.54 Å². The molecule has 0 heterocycles. The van der Waals surface area contributed by atoms with E-state index in [-0.39, 0.29) is 17.4 Å². The van der Waals surface area contributed by atoms with Crippen molar-refractivity contribution in [2.24, 2.45) is 0 Å². The summed E-state index contributed by atoms with van der Waals surface area (Å²) >= 11 is 0. The van der Waals surface area contributed by atoms with Crippen molar-refractivity contribution in [3.05, 3.63) is 53.1 Å². The van der Waals surface area contributed by atoms with Gasteiger partial charge in [-0.15, -0.1) is 0 Å². The fraction of sp³-hybridized carbons (Fsp3) is 0.381. The van der Waals surface area contributed by atoms with Crippen molar-refractivity contribution >= 4 is 5.91 Å². The van der Waals surface area contributed by atoms with Crippen molar-refractivity contribution in [2.45, 2.75) is 46.1 Å². The maximum Gasteiger partial charge on any atom is 0.260 e. The van der Waals surface area contributed by atoms with Crippen LogP contribution in [0.3, 0.4) is 0 Å². The number of amides is 1. The molecule has 0 aliphatic heterocycles. The molecule has 26 heavy (non-hydrogen) atoms. The Kier molecular flexibility index (Phi) is 6.50. The van der Waals surface area contributed by atoms with Gasteiger partial charge in [-0.2, -0.15) is 0 Å². The van der Waals surface area contributed by atoms with Crippen LogP contribution in [0.5, 0.6) is 17.2 Å². The number of hydrogen-bond donors (Lipinski definition) is 3. The van der Waals surface area contributed by atoms with Gasteiger partial charge >= 0.3 is 0 Å². The summed E-state index contributed by atoms with van der Waals surface area (Å²) in [4.78, 5) is 12.2. The number of ether oxygens (including phenoxy) is 1. The number of phenols is 2. The molecule has 140 valence electrons. The molecule has 2 aromatic carbocycles. The molecule has 0 bridgehead atoms. The van der Waals surface area contributed by atoms with Crippen molar-refractivity contribution in [3.63, 3.8) is 0 Å². The number of hydrogen-bond acceptors (Lipinski definition) is 4. The molecule has 3 N–H and O–H groups in total. The molecule has 1 amide bonds. The highest BCUT2D eigenvalue weighted by Gasteiger charge is 2.14. The summed E-state index contributed by atoms with van der Waals surface area (Å²) in [6.07, 6.45) is -0.0458. The predicted molar refractivity (Wildman–Crippen MR) is 102 cm³/mol. The van der Waals surface area contributed by atoms with Gasteiger partial charge in [0.15, 0.2) is 17.6 Å². The standard InChI is InChI=1S/C21H27NO4/c1-13(2)16-5-7-18(8-6-16)26-15(4)21(25)22-10-9-17-12-20(24)19(23)11-14(17)3/h5-8,11-13,15,23-24H,9-10H2,1-4H3,(H,22,25). The van der Waals surface area contributed by atoms with Gasteiger partial charge in [-0.05, 0) is 67.1 Å². The molecule has 0 aromatic heterocycles. The van der Waals surface area contributed by atoms with E-state index >= 15 is 0 Å². The normalized spacial score (nSPS) is 12.0. The van der Waals surface area contributed by atoms with Crippen LogP contribution in [0.4, 0.5) is 0 Å². The molecule has 1 unspecified atom stereocenters. The molecule has 5 heteroatoms. The van der Waals surface area contributed by atoms with Gasteiger partial charge in [0.25, 0.3) is 5.91 Å². The zero-order valence-corrected chi connectivity index (χ0v) is 15.7. The van der Waals surface area contributed by atoms with Crippen LogP contribution in [-0.2, 0) is 11.2 Å². The summed E-state index contributed by atoms with van der Waals surface area (Å²) in [5.74, 6) is 0.627. The molecule has 0 saturated carbocycles. The van der Waals surface area contributed by atoms with Gasteiger partial charge in [0, 0.05) is 6.54 Å². The highest BCUT2D eigenvalue weighted by Crippen LogP contribution is 2.28. The Balaban J connectivity index is 1.84. The van der Waals surface area contributed by atoms with Crippen molar-refractivity contribution in [3.8, 4) is 17.2 Å². The van der Waals surface area contributed by atoms with Crippen LogP contribution in [0.1, 0.15) is 43.4 Å². The number of phenolic OH excluding ortho intramolecular Hbond substituents is 2. The third-order valence-corrected chi connectivity index (χ3v) is 4.36. The van der Waals surface area contributed by atoms with E-state index in [9.17, 15) is 15.0 Å². The first-order valence-corrected chi connectivity index (χ1v) is 8.83. The van der Waals surface area contributed by atoms with E-state index in [0.717, 1.165) is 11.1 Å². The van der Waals surface area contributed by atoms with Gasteiger partial charge in [0.05, 0.1) is 0 Å². The molecule has 0 radical (unpaired) electrons. The molecule has 1 atom stereocenters. The largest absolute Gasteiger partial charge is 0.504 e. The molecule has 0 spiro atoms. The fourth-order valence-electron chi connectivity index (χ4n) is 2.65. The van der Waals surface area contributed by atoms with Gasteiger partial charge in [0.1, 0.15) is 5.75 Å². The van der Waals surface area contributed by atoms with E-state index in [1.165, 1.54) is 17.7 Å². The molecular weight excluding hydrogens is 330 g/mol. The van der Waals surface area contributed by atoms with Crippen LogP contribution in [0.2, 0.25) is 0 Å². The summed E-state index contributed by atoms with van der Waals surface area (Å²) < 4.78 is 5.69. The highest BCUT2D eigenvalue weighted by molar-refractivity contribution is 5.80. The number of benzene rings is 2. The van der Waals surface area contributed by atoms with Crippen LogP contribution < -0.4 is 10.1 Å². The number of carbonyl (C=O) groups excluding carboxylic acids is 1. The quantitative estimate of drug-likeness (QED) is 0.661. The summed E-state index contributed by atoms with van der Waals surface area (Å²) in [6, 6.07) is 10.8. The topological polar surface area (TPSA) is 78.8 Å². The molecule has 2 aromatic rings. The Morgan fingerprint density at radius 3 is 2.31 bits per heavy atom. The Morgan fingerprint density at radius 1 is 1.08 bits per heavy atom. The van der Waals surface area contributed by atoms with Crippen LogP contribution in [0, 0.1) is 6.92 Å². The Bertz CT molecular complexity index is 753. The summed E-state index contributed by atoms with van der Waals surface area (Å²) in [5, 5.41) is 21.9. The van der Waals surface area contributed by atoms with Crippen LogP contribution >= 0.6 is 0 Å². The van der Waals surface area contributed by atoms with Gasteiger partial charge in [-0.3, -0.25) is 4.79 Å². The average Bonchev–Trinajstić information content (AvgIpc) is 2.59. The lowest BCUT2D eigenvalue weighted by molar-refractivity contribution is -0.127. The van der Waals surface area contributed by atoms with Gasteiger partial charge in [0.2, 0.25) is 0 Å². The van der Waals surface area contributed by atoms with Gasteiger partial charge in [-0.1, -0.05) is 26.0 Å². The second-order valence-electron chi connectivity index (χ2n) is 6.79. The zero-order chi connectivity index (χ0) is 19.3. The summed E-state index contributed by atoms with van der Waals surface area (Å²) in [6.45, 7) is 8.24. The number of carbonyl (C=O) groups is 1. The number of aryl methyl sites for hydroxylation is 1. The first-order valence-electron chi connectivity index (χ1n) is 8.83. The SMILES string of the molecule is Cc1cc(O)c(O)cc1CCNC(=O)C(C)Oc1ccc(C(C)C)cc1. The first-order chi connectivity index (χ1) is 12.3. The average molecular weight is 357 g/mol. The number of aromatic hydroxyl groups is 2. The van der Waals surface area contributed by atoms with Crippen molar-refractivity contribution in [1.29, 1.82) is 0 Å². The molecule has 0 aliphatic rings. The molecule has 0 aliphatic carbocycles. The van der Waals surface area contributed by atoms with E-state index in [2.05, 4.69) is 19.2 Å². The first kappa shape index (κ1) is 19.6. The lowest BCUT2D eigenvalue weighted by Crippen LogP contribution is -2.37. The predicted octanol–water partition coefficient (Wildman–Crippen LogP) is 3.66. The van der Waals surface area contributed by atoms with Crippen molar-refractivity contribution < 1.29 is 19.7 Å². The molecule has 0 fully saturated rings. The minimum atomic E-state index is -0.603. The summed E-state index contributed by atoms with van der Waals surface area (Å²) in [7, 11) is 0. The molecule has 2 rings (SSSR count). The summed E-state index contributed by atoms with van der Waals surface area (Å²) in [5.41, 5.74) is 2.96. The van der Waals surface area contributed by atoms with Crippen molar-refractivity contribution in [1.82, 2.24) is 5.32 Å². The van der Waals surface area contributed by atoms with E-state index in [0.29, 0.717) is 24.6 Å². The third kappa shape index (κ3) is 5.15. The van der Waals surface area contributed by atoms with E-state index in [1.807, 2.05) is 31.2 Å². The minimum Gasteiger partial charge on any atom is -0.504 e. The van der Waals surface area contributed by atoms with Crippen LogP contribution in [0.15, 0.2) is 36.4 Å². The Morgan fingerprint density at radius 2 is 1.69 bits per heavy atom. The van der Waals surface area contributed by atoms with Crippen LogP contribution in [0.25, 0.3) is 0 Å². The molecular formula is C21H27NO4. The number of rotatable bonds is 7. The van der Waals surface area contributed by atoms with E-state index in [1.54, 1.807) is 6.92 Å². The second-order valence-corrected chi connectivity index (χ2v) is 6.79.